The number of amides is 1. The molecule has 0 atom stereocenters. The van der Waals surface area contributed by atoms with E-state index in [0.29, 0.717) is 11.3 Å². The lowest BCUT2D eigenvalue weighted by atomic mass is 10.2. The number of hydrogen-bond acceptors (Lipinski definition) is 2. The third kappa shape index (κ3) is 2.21. The minimum absolute atomic E-state index is 0.0288. The fourth-order valence-corrected chi connectivity index (χ4v) is 0.929. The Morgan fingerprint density at radius 1 is 1.46 bits per heavy atom. The Bertz CT molecular complexity index is 290. The van der Waals surface area contributed by atoms with Crippen LogP contribution in [-0.4, -0.2) is 32.0 Å². The lowest BCUT2D eigenvalue weighted by Crippen LogP contribution is -2.21. The van der Waals surface area contributed by atoms with Gasteiger partial charge in [0.05, 0.1) is 7.11 Å². The van der Waals surface area contributed by atoms with Crippen molar-refractivity contribution in [2.24, 2.45) is 0 Å². The molecule has 3 heteroatoms. The first-order valence-corrected chi connectivity index (χ1v) is 3.92. The highest BCUT2D eigenvalue weighted by Gasteiger charge is 2.06. The zero-order valence-electron chi connectivity index (χ0n) is 8.00. The van der Waals surface area contributed by atoms with Gasteiger partial charge in [-0.15, -0.1) is 0 Å². The van der Waals surface area contributed by atoms with Crippen molar-refractivity contribution >= 4 is 5.91 Å². The fourth-order valence-electron chi connectivity index (χ4n) is 0.929. The van der Waals surface area contributed by atoms with Crippen molar-refractivity contribution in [3.63, 3.8) is 0 Å². The predicted octanol–water partition coefficient (Wildman–Crippen LogP) is 1.20. The van der Waals surface area contributed by atoms with Crippen molar-refractivity contribution in [2.75, 3.05) is 21.2 Å². The van der Waals surface area contributed by atoms with Crippen molar-refractivity contribution in [1.29, 1.82) is 0 Å². The Morgan fingerprint density at radius 3 is 2.54 bits per heavy atom. The molecule has 1 rings (SSSR count). The molecule has 69 valence electrons. The maximum atomic E-state index is 11.4. The Labute approximate surface area is 77.9 Å². The lowest BCUT2D eigenvalue weighted by molar-refractivity contribution is 0.0827. The van der Waals surface area contributed by atoms with E-state index >= 15 is 0 Å². The average molecular weight is 178 g/mol. The van der Waals surface area contributed by atoms with Crippen molar-refractivity contribution < 1.29 is 9.53 Å². The van der Waals surface area contributed by atoms with Gasteiger partial charge in [0.1, 0.15) is 5.75 Å². The second-order valence-electron chi connectivity index (χ2n) is 2.85. The molecule has 0 saturated heterocycles. The molecule has 0 unspecified atom stereocenters. The molecule has 1 amide bonds. The van der Waals surface area contributed by atoms with Crippen LogP contribution in [0.25, 0.3) is 0 Å². The van der Waals surface area contributed by atoms with Crippen LogP contribution < -0.4 is 4.74 Å². The van der Waals surface area contributed by atoms with Crippen molar-refractivity contribution in [2.45, 2.75) is 0 Å². The molecule has 0 aromatic heterocycles. The standard InChI is InChI=1S/C10H12NO2/c1-11(2)10(12)8-4-6-9(13-3)7-5-8/h4-6H,1-3H3. The summed E-state index contributed by atoms with van der Waals surface area (Å²) in [6.45, 7) is 0. The van der Waals surface area contributed by atoms with Crippen LogP contribution in [-0.2, 0) is 0 Å². The number of benzene rings is 1. The smallest absolute Gasteiger partial charge is 0.253 e. The van der Waals surface area contributed by atoms with Gasteiger partial charge in [-0.1, -0.05) is 0 Å². The van der Waals surface area contributed by atoms with E-state index in [9.17, 15) is 4.79 Å². The van der Waals surface area contributed by atoms with E-state index in [4.69, 9.17) is 4.74 Å². The average Bonchev–Trinajstić information content (AvgIpc) is 2.17. The summed E-state index contributed by atoms with van der Waals surface area (Å²) in [4.78, 5) is 12.9. The van der Waals surface area contributed by atoms with Crippen LogP contribution in [0.5, 0.6) is 5.75 Å². The Morgan fingerprint density at radius 2 is 2.15 bits per heavy atom. The molecule has 0 spiro atoms. The van der Waals surface area contributed by atoms with E-state index in [1.807, 2.05) is 0 Å². The third-order valence-electron chi connectivity index (χ3n) is 1.66. The number of carbonyl (C=O) groups is 1. The molecule has 0 N–H and O–H groups in total. The van der Waals surface area contributed by atoms with Gasteiger partial charge >= 0.3 is 0 Å². The highest BCUT2D eigenvalue weighted by molar-refractivity contribution is 5.93. The topological polar surface area (TPSA) is 29.5 Å². The van der Waals surface area contributed by atoms with Gasteiger partial charge in [-0.3, -0.25) is 4.79 Å². The van der Waals surface area contributed by atoms with Crippen molar-refractivity contribution in [1.82, 2.24) is 4.90 Å². The number of rotatable bonds is 2. The van der Waals surface area contributed by atoms with Gasteiger partial charge < -0.3 is 9.64 Å². The van der Waals surface area contributed by atoms with Crippen molar-refractivity contribution in [3.05, 3.63) is 29.8 Å². The Kier molecular flexibility index (Phi) is 2.90. The van der Waals surface area contributed by atoms with Crippen LogP contribution in [0.3, 0.4) is 0 Å². The van der Waals surface area contributed by atoms with Crippen molar-refractivity contribution in [3.8, 4) is 5.75 Å². The SMILES string of the molecule is COc1[c]cc(C(=O)N(C)C)cc1. The second kappa shape index (κ2) is 3.94. The molecule has 0 heterocycles. The fraction of sp³-hybridized carbons (Fsp3) is 0.300. The van der Waals surface area contributed by atoms with Crippen LogP contribution in [0.15, 0.2) is 18.2 Å². The van der Waals surface area contributed by atoms with E-state index in [-0.39, 0.29) is 5.91 Å². The minimum Gasteiger partial charge on any atom is -0.496 e. The predicted molar refractivity (Wildman–Crippen MR) is 49.8 cm³/mol. The molecule has 0 aliphatic rings. The Hall–Kier alpha value is -1.51. The summed E-state index contributed by atoms with van der Waals surface area (Å²) in [5.74, 6) is 0.606. The zero-order valence-corrected chi connectivity index (χ0v) is 8.00. The Balaban J connectivity index is 2.86. The van der Waals surface area contributed by atoms with Gasteiger partial charge in [-0.2, -0.15) is 0 Å². The van der Waals surface area contributed by atoms with Gasteiger partial charge in [0, 0.05) is 25.7 Å². The number of hydrogen-bond donors (Lipinski definition) is 0. The zero-order chi connectivity index (χ0) is 9.84. The largest absolute Gasteiger partial charge is 0.496 e. The quantitative estimate of drug-likeness (QED) is 0.681. The molecule has 3 nitrogen and oxygen atoms in total. The van der Waals surface area contributed by atoms with Gasteiger partial charge in [0.15, 0.2) is 0 Å². The van der Waals surface area contributed by atoms with E-state index in [0.717, 1.165) is 0 Å². The molecule has 0 aliphatic heterocycles. The number of methoxy groups -OCH3 is 1. The first kappa shape index (κ1) is 9.58. The van der Waals surface area contributed by atoms with Crippen LogP contribution in [0.2, 0.25) is 0 Å². The van der Waals surface area contributed by atoms with Crippen LogP contribution >= 0.6 is 0 Å². The summed E-state index contributed by atoms with van der Waals surface area (Å²) in [5.41, 5.74) is 0.616. The molecule has 0 fully saturated rings. The third-order valence-corrected chi connectivity index (χ3v) is 1.66. The maximum Gasteiger partial charge on any atom is 0.253 e. The first-order valence-electron chi connectivity index (χ1n) is 3.92. The monoisotopic (exact) mass is 178 g/mol. The van der Waals surface area contributed by atoms with E-state index in [2.05, 4.69) is 6.07 Å². The summed E-state index contributed by atoms with van der Waals surface area (Å²) in [5, 5.41) is 0. The van der Waals surface area contributed by atoms with Crippen LogP contribution in [0, 0.1) is 6.07 Å². The summed E-state index contributed by atoms with van der Waals surface area (Å²) >= 11 is 0. The van der Waals surface area contributed by atoms with Gasteiger partial charge in [0.2, 0.25) is 0 Å². The molecule has 1 aromatic rings. The van der Waals surface area contributed by atoms with E-state index in [1.165, 1.54) is 4.90 Å². The number of carbonyl (C=O) groups excluding carboxylic acids is 1. The lowest BCUT2D eigenvalue weighted by Gasteiger charge is -2.09. The molecule has 1 aromatic carbocycles. The van der Waals surface area contributed by atoms with Gasteiger partial charge in [0.25, 0.3) is 5.91 Å². The first-order chi connectivity index (χ1) is 6.15. The highest BCUT2D eigenvalue weighted by atomic mass is 16.5. The summed E-state index contributed by atoms with van der Waals surface area (Å²) in [7, 11) is 5.00. The summed E-state index contributed by atoms with van der Waals surface area (Å²) < 4.78 is 4.93. The molecule has 13 heavy (non-hydrogen) atoms. The minimum atomic E-state index is -0.0288. The molecule has 0 aliphatic carbocycles. The molecule has 0 bridgehead atoms. The van der Waals surface area contributed by atoms with E-state index < -0.39 is 0 Å². The number of nitrogens with zero attached hydrogens (tertiary/aromatic N) is 1. The summed E-state index contributed by atoms with van der Waals surface area (Å²) in [6, 6.07) is 7.92. The molecular formula is C10H12NO2. The molecule has 1 radical (unpaired) electrons. The van der Waals surface area contributed by atoms with Crippen LogP contribution in [0.1, 0.15) is 10.4 Å². The summed E-state index contributed by atoms with van der Waals surface area (Å²) in [6.07, 6.45) is 0. The maximum absolute atomic E-state index is 11.4. The van der Waals surface area contributed by atoms with E-state index in [1.54, 1.807) is 39.4 Å². The normalized spacial score (nSPS) is 9.46. The molecule has 0 saturated carbocycles. The second-order valence-corrected chi connectivity index (χ2v) is 2.85. The molecular weight excluding hydrogens is 166 g/mol. The van der Waals surface area contributed by atoms with Gasteiger partial charge in [-0.05, 0) is 18.2 Å². The highest BCUT2D eigenvalue weighted by Crippen LogP contribution is 2.11. The van der Waals surface area contributed by atoms with Gasteiger partial charge in [-0.25, -0.2) is 0 Å². The number of ether oxygens (including phenoxy) is 1. The van der Waals surface area contributed by atoms with Crippen LogP contribution in [0.4, 0.5) is 0 Å².